The molecule has 3 aromatic rings. The SMILES string of the molecule is Cc1cccc(OC(=O)[C@@H]2CC(=O)N(c3cccc4ccccc34)C2)c1C. The second-order valence-corrected chi connectivity index (χ2v) is 7.02. The molecule has 1 atom stereocenters. The lowest BCUT2D eigenvalue weighted by molar-refractivity contribution is -0.139. The fourth-order valence-corrected chi connectivity index (χ4v) is 3.57. The second-order valence-electron chi connectivity index (χ2n) is 7.02. The molecule has 0 bridgehead atoms. The van der Waals surface area contributed by atoms with Crippen molar-refractivity contribution in [2.45, 2.75) is 20.3 Å². The van der Waals surface area contributed by atoms with E-state index in [9.17, 15) is 9.59 Å². The minimum absolute atomic E-state index is 0.0470. The van der Waals surface area contributed by atoms with Crippen LogP contribution in [0, 0.1) is 19.8 Å². The van der Waals surface area contributed by atoms with Crippen molar-refractivity contribution in [3.63, 3.8) is 0 Å². The summed E-state index contributed by atoms with van der Waals surface area (Å²) < 4.78 is 5.61. The van der Waals surface area contributed by atoms with Gasteiger partial charge in [-0.25, -0.2) is 0 Å². The third kappa shape index (κ3) is 3.19. The molecule has 0 unspecified atom stereocenters. The lowest BCUT2D eigenvalue weighted by Crippen LogP contribution is -2.27. The summed E-state index contributed by atoms with van der Waals surface area (Å²) in [5.41, 5.74) is 2.86. The van der Waals surface area contributed by atoms with Crippen molar-refractivity contribution in [2.24, 2.45) is 5.92 Å². The largest absolute Gasteiger partial charge is 0.426 e. The highest BCUT2D eigenvalue weighted by molar-refractivity contribution is 6.06. The highest BCUT2D eigenvalue weighted by atomic mass is 16.5. The predicted octanol–water partition coefficient (Wildman–Crippen LogP) is 4.42. The average molecular weight is 359 g/mol. The Kier molecular flexibility index (Phi) is 4.40. The van der Waals surface area contributed by atoms with Crippen molar-refractivity contribution in [3.8, 4) is 5.75 Å². The molecule has 4 heteroatoms. The van der Waals surface area contributed by atoms with Gasteiger partial charge in [-0.1, -0.05) is 48.5 Å². The van der Waals surface area contributed by atoms with Gasteiger partial charge in [-0.05, 0) is 42.5 Å². The lowest BCUT2D eigenvalue weighted by atomic mass is 10.1. The number of fused-ring (bicyclic) bond motifs is 1. The third-order valence-electron chi connectivity index (χ3n) is 5.28. The number of aryl methyl sites for hydroxylation is 1. The number of benzene rings is 3. The third-order valence-corrected chi connectivity index (χ3v) is 5.28. The summed E-state index contributed by atoms with van der Waals surface area (Å²) in [7, 11) is 0. The van der Waals surface area contributed by atoms with Gasteiger partial charge in [0.1, 0.15) is 5.75 Å². The quantitative estimate of drug-likeness (QED) is 0.514. The second kappa shape index (κ2) is 6.88. The average Bonchev–Trinajstić information content (AvgIpc) is 3.06. The Morgan fingerprint density at radius 1 is 1.00 bits per heavy atom. The van der Waals surface area contributed by atoms with E-state index in [4.69, 9.17) is 4.74 Å². The van der Waals surface area contributed by atoms with E-state index in [1.54, 1.807) is 11.0 Å². The first-order valence-corrected chi connectivity index (χ1v) is 9.10. The van der Waals surface area contributed by atoms with Crippen molar-refractivity contribution in [3.05, 3.63) is 71.8 Å². The summed E-state index contributed by atoms with van der Waals surface area (Å²) in [5.74, 6) is -0.290. The maximum Gasteiger partial charge on any atom is 0.316 e. The maximum absolute atomic E-state index is 12.7. The van der Waals surface area contributed by atoms with Crippen molar-refractivity contribution in [1.82, 2.24) is 0 Å². The van der Waals surface area contributed by atoms with Gasteiger partial charge in [-0.15, -0.1) is 0 Å². The highest BCUT2D eigenvalue weighted by Crippen LogP contribution is 2.32. The van der Waals surface area contributed by atoms with E-state index in [0.29, 0.717) is 12.3 Å². The zero-order chi connectivity index (χ0) is 19.0. The molecule has 27 heavy (non-hydrogen) atoms. The summed E-state index contributed by atoms with van der Waals surface area (Å²) in [6.45, 7) is 4.25. The van der Waals surface area contributed by atoms with E-state index in [2.05, 4.69) is 0 Å². The summed E-state index contributed by atoms with van der Waals surface area (Å²) >= 11 is 0. The van der Waals surface area contributed by atoms with E-state index in [0.717, 1.165) is 27.6 Å². The van der Waals surface area contributed by atoms with E-state index in [1.165, 1.54) is 0 Å². The van der Waals surface area contributed by atoms with E-state index >= 15 is 0 Å². The first-order valence-electron chi connectivity index (χ1n) is 9.10. The minimum atomic E-state index is -0.462. The Morgan fingerprint density at radius 2 is 1.74 bits per heavy atom. The van der Waals surface area contributed by atoms with Gasteiger partial charge in [-0.2, -0.15) is 0 Å². The van der Waals surface area contributed by atoms with Gasteiger partial charge >= 0.3 is 5.97 Å². The van der Waals surface area contributed by atoms with Gasteiger partial charge in [-0.3, -0.25) is 9.59 Å². The van der Waals surface area contributed by atoms with E-state index in [1.807, 2.05) is 68.4 Å². The summed E-state index contributed by atoms with van der Waals surface area (Å²) in [4.78, 5) is 27.0. The zero-order valence-corrected chi connectivity index (χ0v) is 15.4. The van der Waals surface area contributed by atoms with Gasteiger partial charge in [0.15, 0.2) is 0 Å². The molecule has 1 amide bonds. The zero-order valence-electron chi connectivity index (χ0n) is 15.4. The standard InChI is InChI=1S/C23H21NO3/c1-15-7-5-12-21(16(15)2)27-23(26)18-13-22(25)24(14-18)20-11-6-9-17-8-3-4-10-19(17)20/h3-12,18H,13-14H2,1-2H3/t18-/m1/s1. The fourth-order valence-electron chi connectivity index (χ4n) is 3.57. The van der Waals surface area contributed by atoms with Crippen LogP contribution in [0.15, 0.2) is 60.7 Å². The molecule has 3 aromatic carbocycles. The highest BCUT2D eigenvalue weighted by Gasteiger charge is 2.37. The van der Waals surface area contributed by atoms with E-state index < -0.39 is 5.92 Å². The van der Waals surface area contributed by atoms with Gasteiger partial charge in [0.25, 0.3) is 0 Å². The number of hydrogen-bond acceptors (Lipinski definition) is 3. The Labute approximate surface area is 158 Å². The topological polar surface area (TPSA) is 46.6 Å². The fraction of sp³-hybridized carbons (Fsp3) is 0.217. The maximum atomic E-state index is 12.7. The van der Waals surface area contributed by atoms with Crippen LogP contribution in [0.4, 0.5) is 5.69 Å². The smallest absolute Gasteiger partial charge is 0.316 e. The molecular formula is C23H21NO3. The van der Waals surface area contributed by atoms with Gasteiger partial charge < -0.3 is 9.64 Å². The first-order chi connectivity index (χ1) is 13.0. The van der Waals surface area contributed by atoms with E-state index in [-0.39, 0.29) is 18.3 Å². The molecule has 0 aromatic heterocycles. The molecule has 1 aliphatic rings. The Balaban J connectivity index is 1.57. The molecular weight excluding hydrogens is 338 g/mol. The molecule has 1 saturated heterocycles. The first kappa shape index (κ1) is 17.3. The van der Waals surface area contributed by atoms with Crippen molar-refractivity contribution < 1.29 is 14.3 Å². The Morgan fingerprint density at radius 3 is 2.59 bits per heavy atom. The molecule has 0 radical (unpaired) electrons. The van der Waals surface area contributed by atoms with Crippen LogP contribution < -0.4 is 9.64 Å². The number of nitrogens with zero attached hydrogens (tertiary/aromatic N) is 1. The van der Waals surface area contributed by atoms with Crippen molar-refractivity contribution >= 4 is 28.3 Å². The summed E-state index contributed by atoms with van der Waals surface area (Å²) in [6.07, 6.45) is 0.174. The van der Waals surface area contributed by atoms with Crippen LogP contribution in [0.2, 0.25) is 0 Å². The van der Waals surface area contributed by atoms with Crippen LogP contribution in [0.1, 0.15) is 17.5 Å². The number of rotatable bonds is 3. The Hall–Kier alpha value is -3.14. The molecule has 1 fully saturated rings. The number of amides is 1. The predicted molar refractivity (Wildman–Crippen MR) is 106 cm³/mol. The molecule has 4 nitrogen and oxygen atoms in total. The van der Waals surface area contributed by atoms with Crippen molar-refractivity contribution in [2.75, 3.05) is 11.4 Å². The molecule has 4 rings (SSSR count). The number of hydrogen-bond donors (Lipinski definition) is 0. The number of esters is 1. The molecule has 1 heterocycles. The van der Waals surface area contributed by atoms with Gasteiger partial charge in [0.05, 0.1) is 11.6 Å². The number of carbonyl (C=O) groups is 2. The molecule has 0 spiro atoms. The molecule has 0 aliphatic carbocycles. The Bertz CT molecular complexity index is 1040. The molecule has 0 saturated carbocycles. The molecule has 1 aliphatic heterocycles. The van der Waals surface area contributed by atoms with Crippen molar-refractivity contribution in [1.29, 1.82) is 0 Å². The van der Waals surface area contributed by atoms with Crippen LogP contribution in [0.3, 0.4) is 0 Å². The molecule has 0 N–H and O–H groups in total. The normalized spacial score (nSPS) is 16.7. The van der Waals surface area contributed by atoms with Gasteiger partial charge in [0.2, 0.25) is 5.91 Å². The number of carbonyl (C=O) groups excluding carboxylic acids is 2. The summed E-state index contributed by atoms with van der Waals surface area (Å²) in [6, 6.07) is 19.5. The summed E-state index contributed by atoms with van der Waals surface area (Å²) in [5, 5.41) is 2.08. The van der Waals surface area contributed by atoms with Crippen LogP contribution in [0.25, 0.3) is 10.8 Å². The van der Waals surface area contributed by atoms with Crippen LogP contribution in [-0.4, -0.2) is 18.4 Å². The molecule has 136 valence electrons. The minimum Gasteiger partial charge on any atom is -0.426 e. The van der Waals surface area contributed by atoms with Crippen LogP contribution in [0.5, 0.6) is 5.75 Å². The number of ether oxygens (including phenoxy) is 1. The monoisotopic (exact) mass is 359 g/mol. The van der Waals surface area contributed by atoms with Crippen LogP contribution >= 0.6 is 0 Å². The lowest BCUT2D eigenvalue weighted by Gasteiger charge is -2.19. The number of anilines is 1. The van der Waals surface area contributed by atoms with Crippen LogP contribution in [-0.2, 0) is 9.59 Å². The van der Waals surface area contributed by atoms with Gasteiger partial charge in [0, 0.05) is 18.4 Å².